The van der Waals surface area contributed by atoms with Crippen molar-refractivity contribution < 1.29 is 19.9 Å². The molecule has 1 heterocycles. The Balaban J connectivity index is 2.88. The van der Waals surface area contributed by atoms with Crippen molar-refractivity contribution in [3.05, 3.63) is 10.1 Å². The maximum Gasteiger partial charge on any atom is 0.275 e. The second kappa shape index (κ2) is 2.96. The number of aliphatic hydroxyl groups is 2. The van der Waals surface area contributed by atoms with E-state index in [0.29, 0.717) is 0 Å². The van der Waals surface area contributed by atoms with Gasteiger partial charge < -0.3 is 14.9 Å². The quantitative estimate of drug-likeness (QED) is 0.416. The van der Waals surface area contributed by atoms with E-state index in [-0.39, 0.29) is 6.61 Å². The van der Waals surface area contributed by atoms with Crippen molar-refractivity contribution in [3.63, 3.8) is 0 Å². The van der Waals surface area contributed by atoms with E-state index in [0.717, 1.165) is 0 Å². The second-order valence-corrected chi connectivity index (χ2v) is 3.01. The van der Waals surface area contributed by atoms with Crippen LogP contribution in [0.1, 0.15) is 6.92 Å². The number of hydrogen-bond acceptors (Lipinski definition) is 5. The Morgan fingerprint density at radius 3 is 2.58 bits per heavy atom. The molecule has 0 saturated carbocycles. The van der Waals surface area contributed by atoms with Gasteiger partial charge in [0, 0.05) is 4.92 Å². The summed E-state index contributed by atoms with van der Waals surface area (Å²) in [4.78, 5) is 9.98. The van der Waals surface area contributed by atoms with Crippen LogP contribution in [0.2, 0.25) is 0 Å². The molecule has 0 radical (unpaired) electrons. The normalized spacial score (nSPS) is 41.6. The van der Waals surface area contributed by atoms with E-state index >= 15 is 0 Å². The summed E-state index contributed by atoms with van der Waals surface area (Å²) in [5.41, 5.74) is -1.53. The number of ether oxygens (including phenoxy) is 1. The average Bonchev–Trinajstić information content (AvgIpc) is 2.31. The third-order valence-electron chi connectivity index (χ3n) is 2.42. The van der Waals surface area contributed by atoms with Crippen molar-refractivity contribution in [1.29, 1.82) is 0 Å². The molecule has 0 aromatic carbocycles. The summed E-state index contributed by atoms with van der Waals surface area (Å²) < 4.78 is 4.69. The molecule has 3 atom stereocenters. The lowest BCUT2D eigenvalue weighted by molar-refractivity contribution is -0.579. The van der Waals surface area contributed by atoms with E-state index in [1.165, 1.54) is 6.92 Å². The standard InChI is InChI=1S/C6H11NO5/c1-4-5(9)12-3-6(4,2-8)7(10)11/h4-5,8-9H,2-3H2,1H3. The van der Waals surface area contributed by atoms with Gasteiger partial charge >= 0.3 is 0 Å². The summed E-state index contributed by atoms with van der Waals surface area (Å²) >= 11 is 0. The topological polar surface area (TPSA) is 92.8 Å². The maximum absolute atomic E-state index is 10.6. The highest BCUT2D eigenvalue weighted by molar-refractivity contribution is 4.90. The lowest BCUT2D eigenvalue weighted by Gasteiger charge is -2.20. The van der Waals surface area contributed by atoms with E-state index in [9.17, 15) is 10.1 Å². The molecule has 1 aliphatic heterocycles. The average molecular weight is 177 g/mol. The molecule has 0 spiro atoms. The van der Waals surface area contributed by atoms with E-state index in [2.05, 4.69) is 4.74 Å². The molecule has 0 aliphatic carbocycles. The van der Waals surface area contributed by atoms with Gasteiger partial charge in [-0.1, -0.05) is 6.92 Å². The Kier molecular flexibility index (Phi) is 2.31. The number of hydrogen-bond donors (Lipinski definition) is 2. The molecule has 70 valence electrons. The minimum Gasteiger partial charge on any atom is -0.389 e. The SMILES string of the molecule is CC1C(O)OCC1(CO)[N+](=O)[O-]. The summed E-state index contributed by atoms with van der Waals surface area (Å²) in [5.74, 6) is -0.683. The Bertz CT molecular complexity index is 196. The molecule has 1 fully saturated rings. The Hall–Kier alpha value is -0.720. The van der Waals surface area contributed by atoms with Crippen LogP contribution in [0.25, 0.3) is 0 Å². The molecule has 0 aromatic heterocycles. The fourth-order valence-corrected chi connectivity index (χ4v) is 1.24. The largest absolute Gasteiger partial charge is 0.389 e. The van der Waals surface area contributed by atoms with Gasteiger partial charge in [-0.3, -0.25) is 10.1 Å². The first-order valence-electron chi connectivity index (χ1n) is 3.59. The van der Waals surface area contributed by atoms with Gasteiger partial charge in [0.25, 0.3) is 5.54 Å². The molecule has 3 unspecified atom stereocenters. The fourth-order valence-electron chi connectivity index (χ4n) is 1.24. The van der Waals surface area contributed by atoms with Crippen molar-refractivity contribution in [1.82, 2.24) is 0 Å². The molecule has 12 heavy (non-hydrogen) atoms. The highest BCUT2D eigenvalue weighted by Crippen LogP contribution is 2.31. The van der Waals surface area contributed by atoms with Crippen LogP contribution in [0.15, 0.2) is 0 Å². The van der Waals surface area contributed by atoms with Gasteiger partial charge in [-0.05, 0) is 0 Å². The lowest BCUT2D eigenvalue weighted by atomic mass is 9.89. The van der Waals surface area contributed by atoms with Crippen molar-refractivity contribution >= 4 is 0 Å². The highest BCUT2D eigenvalue weighted by atomic mass is 16.7. The molecule has 6 nitrogen and oxygen atoms in total. The van der Waals surface area contributed by atoms with Crippen LogP contribution in [0.4, 0.5) is 0 Å². The summed E-state index contributed by atoms with van der Waals surface area (Å²) in [6.45, 7) is 0.633. The molecule has 1 rings (SSSR count). The number of nitrogens with zero attached hydrogens (tertiary/aromatic N) is 1. The molecular formula is C6H11NO5. The lowest BCUT2D eigenvalue weighted by Crippen LogP contribution is -2.48. The summed E-state index contributed by atoms with van der Waals surface area (Å²) in [5, 5.41) is 28.5. The first-order chi connectivity index (χ1) is 5.54. The minimum atomic E-state index is -1.53. The zero-order chi connectivity index (χ0) is 9.35. The van der Waals surface area contributed by atoms with E-state index < -0.39 is 29.3 Å². The Morgan fingerprint density at radius 2 is 2.42 bits per heavy atom. The third kappa shape index (κ3) is 1.08. The molecule has 6 heteroatoms. The van der Waals surface area contributed by atoms with Crippen LogP contribution >= 0.6 is 0 Å². The summed E-state index contributed by atoms with van der Waals surface area (Å²) in [6, 6.07) is 0. The highest BCUT2D eigenvalue weighted by Gasteiger charge is 2.56. The van der Waals surface area contributed by atoms with Gasteiger partial charge in [-0.25, -0.2) is 0 Å². The predicted molar refractivity (Wildman–Crippen MR) is 37.9 cm³/mol. The maximum atomic E-state index is 10.6. The van der Waals surface area contributed by atoms with Crippen LogP contribution in [0, 0.1) is 16.0 Å². The van der Waals surface area contributed by atoms with Gasteiger partial charge in [-0.2, -0.15) is 0 Å². The number of aliphatic hydroxyl groups excluding tert-OH is 2. The minimum absolute atomic E-state index is 0.237. The van der Waals surface area contributed by atoms with Crippen LogP contribution in [-0.4, -0.2) is 40.2 Å². The van der Waals surface area contributed by atoms with Crippen molar-refractivity contribution in [2.45, 2.75) is 18.8 Å². The second-order valence-electron chi connectivity index (χ2n) is 3.01. The van der Waals surface area contributed by atoms with Crippen LogP contribution in [0.3, 0.4) is 0 Å². The fraction of sp³-hybridized carbons (Fsp3) is 1.00. The van der Waals surface area contributed by atoms with Gasteiger partial charge in [0.05, 0.1) is 5.92 Å². The molecule has 0 aromatic rings. The van der Waals surface area contributed by atoms with Crippen LogP contribution in [0.5, 0.6) is 0 Å². The molecular weight excluding hydrogens is 166 g/mol. The van der Waals surface area contributed by atoms with Crippen LogP contribution < -0.4 is 0 Å². The monoisotopic (exact) mass is 177 g/mol. The molecule has 1 saturated heterocycles. The van der Waals surface area contributed by atoms with Gasteiger partial charge in [-0.15, -0.1) is 0 Å². The summed E-state index contributed by atoms with van der Waals surface area (Å²) in [7, 11) is 0. The Morgan fingerprint density at radius 1 is 1.83 bits per heavy atom. The van der Waals surface area contributed by atoms with Gasteiger partial charge in [0.15, 0.2) is 6.29 Å². The molecule has 0 amide bonds. The zero-order valence-corrected chi connectivity index (χ0v) is 6.64. The van der Waals surface area contributed by atoms with E-state index in [1.54, 1.807) is 0 Å². The predicted octanol–water partition coefficient (Wildman–Crippen LogP) is -1.02. The molecule has 2 N–H and O–H groups in total. The third-order valence-corrected chi connectivity index (χ3v) is 2.42. The smallest absolute Gasteiger partial charge is 0.275 e. The van der Waals surface area contributed by atoms with Gasteiger partial charge in [0.2, 0.25) is 0 Å². The first kappa shape index (κ1) is 9.37. The van der Waals surface area contributed by atoms with Crippen molar-refractivity contribution in [3.8, 4) is 0 Å². The molecule has 0 bridgehead atoms. The number of rotatable bonds is 2. The zero-order valence-electron chi connectivity index (χ0n) is 6.64. The summed E-state index contributed by atoms with van der Waals surface area (Å²) in [6.07, 6.45) is -1.15. The van der Waals surface area contributed by atoms with Gasteiger partial charge in [0.1, 0.15) is 13.2 Å². The van der Waals surface area contributed by atoms with Crippen molar-refractivity contribution in [2.75, 3.05) is 13.2 Å². The van der Waals surface area contributed by atoms with Crippen molar-refractivity contribution in [2.24, 2.45) is 5.92 Å². The first-order valence-corrected chi connectivity index (χ1v) is 3.59. The van der Waals surface area contributed by atoms with E-state index in [1.807, 2.05) is 0 Å². The van der Waals surface area contributed by atoms with Crippen LogP contribution in [-0.2, 0) is 4.74 Å². The Labute approximate surface area is 68.9 Å². The van der Waals surface area contributed by atoms with E-state index in [4.69, 9.17) is 10.2 Å². The number of nitro groups is 1. The molecule has 1 aliphatic rings.